The SMILES string of the molecule is COc1ccccc1CNC(=O)C[NH+](C)Cc1ccc(Br)s1. The van der Waals surface area contributed by atoms with Crippen LogP contribution in [-0.4, -0.2) is 26.6 Å². The molecule has 1 heterocycles. The van der Waals surface area contributed by atoms with Crippen LogP contribution in [0.4, 0.5) is 0 Å². The first kappa shape index (κ1) is 17.0. The number of benzene rings is 1. The zero-order chi connectivity index (χ0) is 15.9. The number of methoxy groups -OCH3 is 1. The Bertz CT molecular complexity index is 630. The van der Waals surface area contributed by atoms with Crippen LogP contribution in [0.1, 0.15) is 10.4 Å². The number of hydrogen-bond acceptors (Lipinski definition) is 3. The van der Waals surface area contributed by atoms with Crippen molar-refractivity contribution >= 4 is 33.2 Å². The molecule has 0 saturated carbocycles. The van der Waals surface area contributed by atoms with Crippen LogP contribution in [0.5, 0.6) is 5.75 Å². The van der Waals surface area contributed by atoms with Gasteiger partial charge in [-0.3, -0.25) is 4.79 Å². The topological polar surface area (TPSA) is 42.8 Å². The van der Waals surface area contributed by atoms with E-state index in [0.29, 0.717) is 13.1 Å². The van der Waals surface area contributed by atoms with Crippen molar-refractivity contribution in [2.75, 3.05) is 20.7 Å². The van der Waals surface area contributed by atoms with Gasteiger partial charge in [-0.2, -0.15) is 0 Å². The highest BCUT2D eigenvalue weighted by Gasteiger charge is 2.12. The standard InChI is InChI=1S/C16H19BrN2O2S/c1-19(10-13-7-8-15(17)22-13)11-16(20)18-9-12-5-3-4-6-14(12)21-2/h3-8H,9-11H2,1-2H3,(H,18,20)/p+1. The van der Waals surface area contributed by atoms with E-state index in [1.807, 2.05) is 37.4 Å². The van der Waals surface area contributed by atoms with Crippen LogP contribution in [0.3, 0.4) is 0 Å². The Labute approximate surface area is 143 Å². The summed E-state index contributed by atoms with van der Waals surface area (Å²) in [6.07, 6.45) is 0. The van der Waals surface area contributed by atoms with E-state index in [0.717, 1.165) is 26.5 Å². The average molecular weight is 384 g/mol. The van der Waals surface area contributed by atoms with Gasteiger partial charge in [0.15, 0.2) is 6.54 Å². The Morgan fingerprint density at radius 1 is 1.32 bits per heavy atom. The van der Waals surface area contributed by atoms with Crippen LogP contribution in [0.25, 0.3) is 0 Å². The van der Waals surface area contributed by atoms with Crippen LogP contribution in [0, 0.1) is 0 Å². The minimum atomic E-state index is 0.0408. The molecule has 2 aromatic rings. The van der Waals surface area contributed by atoms with E-state index < -0.39 is 0 Å². The normalized spacial score (nSPS) is 12.0. The lowest BCUT2D eigenvalue weighted by Gasteiger charge is -2.13. The fraction of sp³-hybridized carbons (Fsp3) is 0.312. The highest BCUT2D eigenvalue weighted by molar-refractivity contribution is 9.11. The van der Waals surface area contributed by atoms with E-state index in [-0.39, 0.29) is 5.91 Å². The van der Waals surface area contributed by atoms with Gasteiger partial charge < -0.3 is 15.0 Å². The predicted molar refractivity (Wildman–Crippen MR) is 92.3 cm³/mol. The summed E-state index contributed by atoms with van der Waals surface area (Å²) in [5.74, 6) is 0.839. The summed E-state index contributed by atoms with van der Waals surface area (Å²) in [6.45, 7) is 1.78. The van der Waals surface area contributed by atoms with E-state index in [1.54, 1.807) is 18.4 Å². The van der Waals surface area contributed by atoms with Crippen LogP contribution in [-0.2, 0) is 17.9 Å². The molecule has 1 atom stereocenters. The number of carbonyl (C=O) groups is 1. The third-order valence-electron chi connectivity index (χ3n) is 3.24. The Hall–Kier alpha value is -1.37. The summed E-state index contributed by atoms with van der Waals surface area (Å²) in [5.41, 5.74) is 0.984. The molecule has 0 aliphatic rings. The second-order valence-corrected chi connectivity index (χ2v) is 7.65. The van der Waals surface area contributed by atoms with Crippen molar-refractivity contribution in [1.29, 1.82) is 0 Å². The molecule has 2 rings (SSSR count). The molecular formula is C16H20BrN2O2S+. The minimum Gasteiger partial charge on any atom is -0.496 e. The predicted octanol–water partition coefficient (Wildman–Crippen LogP) is 1.85. The number of amides is 1. The fourth-order valence-corrected chi connectivity index (χ4v) is 3.78. The molecule has 6 heteroatoms. The molecule has 2 N–H and O–H groups in total. The van der Waals surface area contributed by atoms with Crippen molar-refractivity contribution in [2.45, 2.75) is 13.1 Å². The van der Waals surface area contributed by atoms with E-state index in [2.05, 4.69) is 27.3 Å². The molecule has 1 aromatic carbocycles. The Morgan fingerprint density at radius 3 is 2.77 bits per heavy atom. The highest BCUT2D eigenvalue weighted by Crippen LogP contribution is 2.21. The first-order chi connectivity index (χ1) is 10.6. The summed E-state index contributed by atoms with van der Waals surface area (Å²) in [4.78, 5) is 14.5. The molecule has 0 spiro atoms. The van der Waals surface area contributed by atoms with Gasteiger partial charge in [-0.15, -0.1) is 11.3 Å². The third kappa shape index (κ3) is 5.12. The van der Waals surface area contributed by atoms with Crippen LogP contribution in [0.15, 0.2) is 40.2 Å². The lowest BCUT2D eigenvalue weighted by Crippen LogP contribution is -3.08. The quantitative estimate of drug-likeness (QED) is 0.765. The third-order valence-corrected chi connectivity index (χ3v) is 4.86. The van der Waals surface area contributed by atoms with Crippen LogP contribution in [0.2, 0.25) is 0 Å². The van der Waals surface area contributed by atoms with Crippen molar-refractivity contribution in [1.82, 2.24) is 5.32 Å². The number of quaternary nitrogens is 1. The number of ether oxygens (including phenoxy) is 1. The van der Waals surface area contributed by atoms with Gasteiger partial charge in [0, 0.05) is 12.1 Å². The first-order valence-electron chi connectivity index (χ1n) is 7.02. The van der Waals surface area contributed by atoms with Crippen molar-refractivity contribution in [2.24, 2.45) is 0 Å². The maximum atomic E-state index is 12.0. The average Bonchev–Trinajstić information content (AvgIpc) is 2.90. The van der Waals surface area contributed by atoms with Crippen LogP contribution < -0.4 is 15.0 Å². The Kier molecular flexibility index (Phi) is 6.42. The zero-order valence-electron chi connectivity index (χ0n) is 12.7. The maximum absolute atomic E-state index is 12.0. The van der Waals surface area contributed by atoms with Gasteiger partial charge in [0.25, 0.3) is 5.91 Å². The summed E-state index contributed by atoms with van der Waals surface area (Å²) in [7, 11) is 3.66. The van der Waals surface area contributed by atoms with Crippen molar-refractivity contribution < 1.29 is 14.4 Å². The van der Waals surface area contributed by atoms with E-state index >= 15 is 0 Å². The summed E-state index contributed by atoms with van der Waals surface area (Å²) < 4.78 is 6.40. The Morgan fingerprint density at radius 2 is 2.09 bits per heavy atom. The lowest BCUT2D eigenvalue weighted by atomic mass is 10.2. The number of halogens is 1. The molecular weight excluding hydrogens is 364 g/mol. The molecule has 0 fully saturated rings. The van der Waals surface area contributed by atoms with Crippen LogP contribution >= 0.6 is 27.3 Å². The number of para-hydroxylation sites is 1. The number of rotatable bonds is 7. The van der Waals surface area contributed by atoms with Gasteiger partial charge in [-0.05, 0) is 34.1 Å². The second kappa shape index (κ2) is 8.31. The minimum absolute atomic E-state index is 0.0408. The lowest BCUT2D eigenvalue weighted by molar-refractivity contribution is -0.885. The molecule has 0 radical (unpaired) electrons. The molecule has 1 unspecified atom stereocenters. The van der Waals surface area contributed by atoms with Gasteiger partial charge in [0.2, 0.25) is 0 Å². The Balaban J connectivity index is 1.80. The summed E-state index contributed by atoms with van der Waals surface area (Å²) in [6, 6.07) is 11.8. The number of carbonyl (C=O) groups excluding carboxylic acids is 1. The number of hydrogen-bond donors (Lipinski definition) is 2. The molecule has 0 bridgehead atoms. The molecule has 0 saturated heterocycles. The maximum Gasteiger partial charge on any atom is 0.275 e. The van der Waals surface area contributed by atoms with Crippen molar-refractivity contribution in [3.63, 3.8) is 0 Å². The van der Waals surface area contributed by atoms with E-state index in [9.17, 15) is 4.79 Å². The number of likely N-dealkylation sites (N-methyl/N-ethyl adjacent to an activating group) is 1. The molecule has 1 aromatic heterocycles. The van der Waals surface area contributed by atoms with E-state index in [4.69, 9.17) is 4.74 Å². The van der Waals surface area contributed by atoms with Crippen molar-refractivity contribution in [3.05, 3.63) is 50.6 Å². The van der Waals surface area contributed by atoms with Gasteiger partial charge in [-0.1, -0.05) is 18.2 Å². The van der Waals surface area contributed by atoms with Gasteiger partial charge >= 0.3 is 0 Å². The van der Waals surface area contributed by atoms with Gasteiger partial charge in [-0.25, -0.2) is 0 Å². The molecule has 22 heavy (non-hydrogen) atoms. The van der Waals surface area contributed by atoms with Gasteiger partial charge in [0.1, 0.15) is 12.3 Å². The smallest absolute Gasteiger partial charge is 0.275 e. The highest BCUT2D eigenvalue weighted by atomic mass is 79.9. The number of nitrogens with one attached hydrogen (secondary N) is 2. The largest absolute Gasteiger partial charge is 0.496 e. The number of thiophene rings is 1. The monoisotopic (exact) mass is 383 g/mol. The van der Waals surface area contributed by atoms with Gasteiger partial charge in [0.05, 0.1) is 22.8 Å². The summed E-state index contributed by atoms with van der Waals surface area (Å²) >= 11 is 5.16. The zero-order valence-corrected chi connectivity index (χ0v) is 15.1. The molecule has 4 nitrogen and oxygen atoms in total. The van der Waals surface area contributed by atoms with Crippen molar-refractivity contribution in [3.8, 4) is 5.75 Å². The molecule has 1 amide bonds. The molecule has 0 aliphatic heterocycles. The fourth-order valence-electron chi connectivity index (χ4n) is 2.19. The van der Waals surface area contributed by atoms with E-state index in [1.165, 1.54) is 4.88 Å². The second-order valence-electron chi connectivity index (χ2n) is 5.11. The summed E-state index contributed by atoms with van der Waals surface area (Å²) in [5, 5.41) is 2.95. The molecule has 118 valence electrons. The molecule has 0 aliphatic carbocycles. The first-order valence-corrected chi connectivity index (χ1v) is 8.63.